The van der Waals surface area contributed by atoms with Crippen molar-refractivity contribution in [1.82, 2.24) is 9.80 Å². The first-order valence-electron chi connectivity index (χ1n) is 13.1. The van der Waals surface area contributed by atoms with E-state index in [1.807, 2.05) is 29.2 Å². The molecule has 2 aromatic carbocycles. The van der Waals surface area contributed by atoms with Gasteiger partial charge < -0.3 is 14.7 Å². The predicted molar refractivity (Wildman–Crippen MR) is 146 cm³/mol. The second-order valence-corrected chi connectivity index (χ2v) is 9.85. The Morgan fingerprint density at radius 1 is 1.06 bits per heavy atom. The third kappa shape index (κ3) is 7.73. The number of anilines is 1. The molecule has 184 valence electrons. The van der Waals surface area contributed by atoms with Gasteiger partial charge in [-0.05, 0) is 75.0 Å². The van der Waals surface area contributed by atoms with E-state index in [9.17, 15) is 4.79 Å². The quantitative estimate of drug-likeness (QED) is 0.519. The number of amides is 1. The SMILES string of the molecule is C=Cc1cccc(C(=O)N2CCN(c3ccc(C)cc3)CC2)c1.CCCCN1CCCC(C)C1. The van der Waals surface area contributed by atoms with Gasteiger partial charge in [0, 0.05) is 44.0 Å². The van der Waals surface area contributed by atoms with Gasteiger partial charge >= 0.3 is 0 Å². The normalized spacial score (nSPS) is 18.7. The minimum Gasteiger partial charge on any atom is -0.368 e. The van der Waals surface area contributed by atoms with Crippen molar-refractivity contribution in [2.24, 2.45) is 5.92 Å². The van der Waals surface area contributed by atoms with E-state index in [-0.39, 0.29) is 5.91 Å². The van der Waals surface area contributed by atoms with Gasteiger partial charge in [-0.2, -0.15) is 0 Å². The number of unbranched alkanes of at least 4 members (excludes halogenated alkanes) is 1. The number of carbonyl (C=O) groups excluding carboxylic acids is 1. The predicted octanol–water partition coefficient (Wildman–Crippen LogP) is 6.12. The van der Waals surface area contributed by atoms with Gasteiger partial charge in [0.15, 0.2) is 0 Å². The van der Waals surface area contributed by atoms with Gasteiger partial charge in [-0.3, -0.25) is 4.79 Å². The molecule has 1 amide bonds. The number of piperazine rings is 1. The lowest BCUT2D eigenvalue weighted by molar-refractivity contribution is 0.0746. The molecule has 0 aromatic heterocycles. The number of benzene rings is 2. The molecule has 4 nitrogen and oxygen atoms in total. The second-order valence-electron chi connectivity index (χ2n) is 9.85. The van der Waals surface area contributed by atoms with E-state index in [0.717, 1.165) is 43.2 Å². The van der Waals surface area contributed by atoms with E-state index in [2.05, 4.69) is 61.4 Å². The molecule has 2 fully saturated rings. The Morgan fingerprint density at radius 3 is 2.44 bits per heavy atom. The molecular weight excluding hydrogens is 418 g/mol. The Labute approximate surface area is 207 Å². The molecule has 0 aliphatic carbocycles. The lowest BCUT2D eigenvalue weighted by atomic mass is 10.0. The molecule has 0 spiro atoms. The Hall–Kier alpha value is -2.59. The van der Waals surface area contributed by atoms with Gasteiger partial charge in [-0.1, -0.05) is 62.8 Å². The fourth-order valence-electron chi connectivity index (χ4n) is 4.78. The summed E-state index contributed by atoms with van der Waals surface area (Å²) >= 11 is 0. The monoisotopic (exact) mass is 461 g/mol. The molecule has 2 aromatic rings. The molecule has 4 rings (SSSR count). The summed E-state index contributed by atoms with van der Waals surface area (Å²) in [4.78, 5) is 19.5. The van der Waals surface area contributed by atoms with Crippen LogP contribution in [0.1, 0.15) is 61.0 Å². The van der Waals surface area contributed by atoms with Crippen molar-refractivity contribution in [3.05, 3.63) is 71.8 Å². The smallest absolute Gasteiger partial charge is 0.253 e. The molecule has 4 heteroatoms. The summed E-state index contributed by atoms with van der Waals surface area (Å²) in [7, 11) is 0. The Bertz CT molecular complexity index is 900. The van der Waals surface area contributed by atoms with E-state index in [4.69, 9.17) is 0 Å². The molecule has 0 radical (unpaired) electrons. The highest BCUT2D eigenvalue weighted by molar-refractivity contribution is 5.95. The summed E-state index contributed by atoms with van der Waals surface area (Å²) in [5.41, 5.74) is 4.22. The van der Waals surface area contributed by atoms with Crippen molar-refractivity contribution < 1.29 is 4.79 Å². The van der Waals surface area contributed by atoms with Crippen molar-refractivity contribution in [3.63, 3.8) is 0 Å². The van der Waals surface area contributed by atoms with Crippen molar-refractivity contribution in [1.29, 1.82) is 0 Å². The van der Waals surface area contributed by atoms with Crippen LogP contribution in [0.15, 0.2) is 55.1 Å². The fraction of sp³-hybridized carbons (Fsp3) is 0.500. The molecule has 1 atom stereocenters. The third-order valence-electron chi connectivity index (χ3n) is 6.90. The van der Waals surface area contributed by atoms with E-state index in [1.54, 1.807) is 6.08 Å². The number of hydrogen-bond donors (Lipinski definition) is 0. The molecular formula is C30H43N3O. The third-order valence-corrected chi connectivity index (χ3v) is 6.90. The van der Waals surface area contributed by atoms with Crippen LogP contribution in [0.25, 0.3) is 6.08 Å². The summed E-state index contributed by atoms with van der Waals surface area (Å²) in [6, 6.07) is 16.2. The second kappa shape index (κ2) is 13.3. The van der Waals surface area contributed by atoms with Gasteiger partial charge in [-0.25, -0.2) is 0 Å². The van der Waals surface area contributed by atoms with E-state index in [1.165, 1.54) is 56.6 Å². The first-order valence-corrected chi connectivity index (χ1v) is 13.1. The van der Waals surface area contributed by atoms with Crippen molar-refractivity contribution >= 4 is 17.7 Å². The van der Waals surface area contributed by atoms with E-state index < -0.39 is 0 Å². The van der Waals surface area contributed by atoms with Crippen LogP contribution in [0.4, 0.5) is 5.69 Å². The molecule has 0 saturated carbocycles. The van der Waals surface area contributed by atoms with Crippen LogP contribution in [0.2, 0.25) is 0 Å². The molecule has 2 heterocycles. The summed E-state index contributed by atoms with van der Waals surface area (Å²) in [5.74, 6) is 1.05. The van der Waals surface area contributed by atoms with Gasteiger partial charge in [0.1, 0.15) is 0 Å². The van der Waals surface area contributed by atoms with Crippen LogP contribution >= 0.6 is 0 Å². The highest BCUT2D eigenvalue weighted by atomic mass is 16.2. The summed E-state index contributed by atoms with van der Waals surface area (Å²) in [5, 5.41) is 0. The lowest BCUT2D eigenvalue weighted by Gasteiger charge is -2.36. The number of likely N-dealkylation sites (tertiary alicyclic amines) is 1. The van der Waals surface area contributed by atoms with Crippen LogP contribution in [0.5, 0.6) is 0 Å². The minimum atomic E-state index is 0.109. The molecule has 1 unspecified atom stereocenters. The topological polar surface area (TPSA) is 26.8 Å². The van der Waals surface area contributed by atoms with Crippen molar-refractivity contribution in [2.45, 2.75) is 46.5 Å². The van der Waals surface area contributed by atoms with Crippen molar-refractivity contribution in [2.75, 3.05) is 50.7 Å². The summed E-state index contributed by atoms with van der Waals surface area (Å²) in [6.07, 6.45) is 7.36. The highest BCUT2D eigenvalue weighted by Gasteiger charge is 2.22. The summed E-state index contributed by atoms with van der Waals surface area (Å²) < 4.78 is 0. The van der Waals surface area contributed by atoms with Gasteiger partial charge in [0.2, 0.25) is 0 Å². The number of carbonyl (C=O) groups is 1. The maximum Gasteiger partial charge on any atom is 0.253 e. The number of nitrogens with zero attached hydrogens (tertiary/aromatic N) is 3. The van der Waals surface area contributed by atoms with Gasteiger partial charge in [0.05, 0.1) is 0 Å². The highest BCUT2D eigenvalue weighted by Crippen LogP contribution is 2.19. The van der Waals surface area contributed by atoms with Crippen LogP contribution in [0.3, 0.4) is 0 Å². The number of rotatable bonds is 6. The van der Waals surface area contributed by atoms with E-state index >= 15 is 0 Å². The zero-order valence-electron chi connectivity index (χ0n) is 21.5. The van der Waals surface area contributed by atoms with Crippen LogP contribution < -0.4 is 4.90 Å². The van der Waals surface area contributed by atoms with Crippen LogP contribution in [0, 0.1) is 12.8 Å². The van der Waals surface area contributed by atoms with Crippen LogP contribution in [-0.4, -0.2) is 61.5 Å². The summed E-state index contributed by atoms with van der Waals surface area (Å²) in [6.45, 7) is 17.8. The molecule has 0 N–H and O–H groups in total. The largest absolute Gasteiger partial charge is 0.368 e. The van der Waals surface area contributed by atoms with Crippen LogP contribution in [-0.2, 0) is 0 Å². The average molecular weight is 462 g/mol. The maximum absolute atomic E-state index is 12.6. The first kappa shape index (κ1) is 26.0. The minimum absolute atomic E-state index is 0.109. The number of aryl methyl sites for hydroxylation is 1. The molecule has 2 aliphatic heterocycles. The van der Waals surface area contributed by atoms with Gasteiger partial charge in [0.25, 0.3) is 5.91 Å². The molecule has 0 bridgehead atoms. The standard InChI is InChI=1S/C20H22N2O.C10H21N/c1-3-17-5-4-6-18(15-17)20(23)22-13-11-21(12-14-22)19-9-7-16(2)8-10-19;1-3-4-7-11-8-5-6-10(2)9-11/h3-10,15H,1,11-14H2,2H3;10H,3-9H2,1-2H3. The first-order chi connectivity index (χ1) is 16.5. The Kier molecular flexibility index (Phi) is 10.2. The Balaban J connectivity index is 0.000000248. The zero-order chi connectivity index (χ0) is 24.3. The van der Waals surface area contributed by atoms with Gasteiger partial charge in [-0.15, -0.1) is 0 Å². The Morgan fingerprint density at radius 2 is 1.79 bits per heavy atom. The number of piperidine rings is 1. The number of hydrogen-bond acceptors (Lipinski definition) is 3. The fourth-order valence-corrected chi connectivity index (χ4v) is 4.78. The molecule has 34 heavy (non-hydrogen) atoms. The molecule has 2 aliphatic rings. The lowest BCUT2D eigenvalue weighted by Crippen LogP contribution is -2.48. The van der Waals surface area contributed by atoms with E-state index in [0.29, 0.717) is 0 Å². The zero-order valence-corrected chi connectivity index (χ0v) is 21.5. The average Bonchev–Trinajstić information content (AvgIpc) is 2.88. The molecule has 2 saturated heterocycles. The van der Waals surface area contributed by atoms with Crippen molar-refractivity contribution in [3.8, 4) is 0 Å². The maximum atomic E-state index is 12.6.